The first-order valence-corrected chi connectivity index (χ1v) is 10.5. The molecule has 96 valence electrons. The van der Waals surface area contributed by atoms with Gasteiger partial charge in [0.15, 0.2) is 0 Å². The highest BCUT2D eigenvalue weighted by Crippen LogP contribution is 2.29. The van der Waals surface area contributed by atoms with Crippen LogP contribution >= 0.6 is 126 Å². The fourth-order valence-electron chi connectivity index (χ4n) is 0.972. The minimum absolute atomic E-state index is 1.02. The number of halogens is 5. The fraction of sp³-hybridized carbons (Fsp3) is 0. The molecular weight excluding hydrogens is 811 g/mol. The summed E-state index contributed by atoms with van der Waals surface area (Å²) in [6.45, 7) is 0. The van der Waals surface area contributed by atoms with E-state index in [0.29, 0.717) is 0 Å². The highest BCUT2D eigenvalue weighted by molar-refractivity contribution is 14.1. The SMILES string of the molecule is Ic1cc(I)c(I)c(I)c1I.Sc1ccccc1. The number of hydrogen-bond acceptors (Lipinski definition) is 1. The molecule has 0 radical (unpaired) electrons. The second kappa shape index (κ2) is 9.46. The van der Waals surface area contributed by atoms with Crippen LogP contribution in [-0.2, 0) is 0 Å². The van der Waals surface area contributed by atoms with E-state index in [1.807, 2.05) is 30.3 Å². The van der Waals surface area contributed by atoms with Crippen LogP contribution in [0.4, 0.5) is 0 Å². The van der Waals surface area contributed by atoms with Crippen LogP contribution in [-0.4, -0.2) is 0 Å². The molecule has 0 aliphatic rings. The van der Waals surface area contributed by atoms with Gasteiger partial charge in [-0.15, -0.1) is 12.6 Å². The van der Waals surface area contributed by atoms with E-state index in [1.54, 1.807) is 0 Å². The Labute approximate surface area is 181 Å². The van der Waals surface area contributed by atoms with E-state index >= 15 is 0 Å². The second-order valence-electron chi connectivity index (χ2n) is 3.12. The van der Waals surface area contributed by atoms with Crippen LogP contribution in [0.5, 0.6) is 0 Å². The Balaban J connectivity index is 0.000000199. The van der Waals surface area contributed by atoms with Gasteiger partial charge in [0.2, 0.25) is 0 Å². The summed E-state index contributed by atoms with van der Waals surface area (Å²) in [6, 6.07) is 12.0. The van der Waals surface area contributed by atoms with Crippen molar-refractivity contribution in [1.82, 2.24) is 0 Å². The summed E-state index contributed by atoms with van der Waals surface area (Å²) in [5, 5.41) is 0. The molecule has 2 aromatic rings. The van der Waals surface area contributed by atoms with Crippen molar-refractivity contribution in [3.63, 3.8) is 0 Å². The molecule has 0 heterocycles. The molecule has 2 aromatic carbocycles. The third-order valence-corrected chi connectivity index (χ3v) is 11.3. The van der Waals surface area contributed by atoms with Gasteiger partial charge in [-0.3, -0.25) is 0 Å². The molecule has 0 amide bonds. The molecule has 0 N–H and O–H groups in total. The zero-order chi connectivity index (χ0) is 13.7. The Hall–Kier alpha value is 2.44. The van der Waals surface area contributed by atoms with E-state index in [1.165, 1.54) is 17.9 Å². The number of thiol groups is 1. The molecule has 6 heteroatoms. The van der Waals surface area contributed by atoms with E-state index in [2.05, 4.69) is 132 Å². The van der Waals surface area contributed by atoms with Gasteiger partial charge in [0, 0.05) is 22.7 Å². The van der Waals surface area contributed by atoms with Gasteiger partial charge >= 0.3 is 0 Å². The zero-order valence-electron chi connectivity index (χ0n) is 8.80. The summed E-state index contributed by atoms with van der Waals surface area (Å²) in [5.74, 6) is 0. The van der Waals surface area contributed by atoms with Gasteiger partial charge in [-0.2, -0.15) is 0 Å². The van der Waals surface area contributed by atoms with Crippen LogP contribution in [0.25, 0.3) is 0 Å². The van der Waals surface area contributed by atoms with Crippen molar-refractivity contribution < 1.29 is 0 Å². The van der Waals surface area contributed by atoms with Crippen molar-refractivity contribution in [3.05, 3.63) is 54.2 Å². The van der Waals surface area contributed by atoms with Crippen molar-refractivity contribution in [2.45, 2.75) is 4.90 Å². The lowest BCUT2D eigenvalue weighted by atomic mass is 10.4. The van der Waals surface area contributed by atoms with Crippen LogP contribution in [0.2, 0.25) is 0 Å². The molecule has 0 spiro atoms. The van der Waals surface area contributed by atoms with Gasteiger partial charge in [-0.25, -0.2) is 0 Å². The van der Waals surface area contributed by atoms with Crippen LogP contribution in [0, 0.1) is 17.9 Å². The van der Waals surface area contributed by atoms with E-state index in [-0.39, 0.29) is 0 Å². The monoisotopic (exact) mass is 818 g/mol. The zero-order valence-corrected chi connectivity index (χ0v) is 20.5. The van der Waals surface area contributed by atoms with Crippen LogP contribution in [0.1, 0.15) is 0 Å². The van der Waals surface area contributed by atoms with Gasteiger partial charge in [-0.1, -0.05) is 18.2 Å². The Bertz CT molecular complexity index is 501. The molecule has 2 rings (SSSR count). The average Bonchev–Trinajstić information content (AvgIpc) is 2.36. The summed E-state index contributed by atoms with van der Waals surface area (Å²) >= 11 is 16.0. The normalized spacial score (nSPS) is 9.67. The molecular formula is C12H7I5S. The van der Waals surface area contributed by atoms with Gasteiger partial charge in [-0.05, 0) is 131 Å². The summed E-state index contributed by atoms with van der Waals surface area (Å²) in [5.41, 5.74) is 0. The summed E-state index contributed by atoms with van der Waals surface area (Å²) in [6.07, 6.45) is 0. The molecule has 0 bridgehead atoms. The molecule has 0 fully saturated rings. The third-order valence-electron chi connectivity index (χ3n) is 1.81. The Morgan fingerprint density at radius 2 is 1.11 bits per heavy atom. The summed E-state index contributed by atoms with van der Waals surface area (Å²) in [4.78, 5) is 1.02. The van der Waals surface area contributed by atoms with Gasteiger partial charge in [0.05, 0.1) is 0 Å². The first-order chi connectivity index (χ1) is 8.43. The molecule has 0 aromatic heterocycles. The third kappa shape index (κ3) is 6.05. The highest BCUT2D eigenvalue weighted by atomic mass is 127. The minimum atomic E-state index is 1.02. The van der Waals surface area contributed by atoms with E-state index in [9.17, 15) is 0 Å². The van der Waals surface area contributed by atoms with Crippen molar-refractivity contribution >= 4 is 126 Å². The lowest BCUT2D eigenvalue weighted by Gasteiger charge is -2.04. The number of rotatable bonds is 0. The highest BCUT2D eigenvalue weighted by Gasteiger charge is 2.08. The smallest absolute Gasteiger partial charge is 0.0418 e. The van der Waals surface area contributed by atoms with Gasteiger partial charge in [0.25, 0.3) is 0 Å². The number of hydrogen-bond donors (Lipinski definition) is 1. The quantitative estimate of drug-likeness (QED) is 0.131. The second-order valence-corrected chi connectivity index (χ2v) is 9.19. The maximum absolute atomic E-state index is 4.08. The molecule has 18 heavy (non-hydrogen) atoms. The van der Waals surface area contributed by atoms with Crippen molar-refractivity contribution in [2.24, 2.45) is 0 Å². The molecule has 0 saturated heterocycles. The largest absolute Gasteiger partial charge is 0.143 e. The predicted molar refractivity (Wildman–Crippen MR) is 124 cm³/mol. The summed E-state index contributed by atoms with van der Waals surface area (Å²) in [7, 11) is 0. The molecule has 0 saturated carbocycles. The average molecular weight is 818 g/mol. The Morgan fingerprint density at radius 1 is 0.667 bits per heavy atom. The van der Waals surface area contributed by atoms with E-state index in [0.717, 1.165) is 4.90 Å². The number of benzene rings is 2. The van der Waals surface area contributed by atoms with Crippen LogP contribution < -0.4 is 0 Å². The van der Waals surface area contributed by atoms with Gasteiger partial charge < -0.3 is 0 Å². The fourth-order valence-corrected chi connectivity index (χ4v) is 5.88. The van der Waals surface area contributed by atoms with Crippen LogP contribution in [0.15, 0.2) is 41.3 Å². The maximum atomic E-state index is 4.08. The first kappa shape index (κ1) is 18.5. The standard InChI is InChI=1S/C6HI5.C6H6S/c7-2-1-3(8)5(10)6(11)4(2)9;7-6-4-2-1-3-5-6/h1H;1-5,7H. The van der Waals surface area contributed by atoms with Crippen molar-refractivity contribution in [2.75, 3.05) is 0 Å². The maximum Gasteiger partial charge on any atom is 0.0418 e. The topological polar surface area (TPSA) is 0 Å². The molecule has 0 aliphatic heterocycles. The minimum Gasteiger partial charge on any atom is -0.143 e. The molecule has 0 aliphatic carbocycles. The van der Waals surface area contributed by atoms with E-state index in [4.69, 9.17) is 0 Å². The van der Waals surface area contributed by atoms with E-state index < -0.39 is 0 Å². The van der Waals surface area contributed by atoms with Gasteiger partial charge in [0.1, 0.15) is 0 Å². The molecule has 0 atom stereocenters. The van der Waals surface area contributed by atoms with Crippen molar-refractivity contribution in [1.29, 1.82) is 0 Å². The van der Waals surface area contributed by atoms with Crippen molar-refractivity contribution in [3.8, 4) is 0 Å². The molecule has 0 nitrogen and oxygen atoms in total. The lowest BCUT2D eigenvalue weighted by molar-refractivity contribution is 1.44. The summed E-state index contributed by atoms with van der Waals surface area (Å²) < 4.78 is 6.80. The Morgan fingerprint density at radius 3 is 1.44 bits per heavy atom. The first-order valence-electron chi connectivity index (χ1n) is 4.66. The molecule has 0 unspecified atom stereocenters. The van der Waals surface area contributed by atoms with Crippen LogP contribution in [0.3, 0.4) is 0 Å². The lowest BCUT2D eigenvalue weighted by Crippen LogP contribution is -1.92. The Kier molecular flexibility index (Phi) is 9.71. The predicted octanol–water partition coefficient (Wildman–Crippen LogP) is 6.68.